The molecule has 0 aromatic carbocycles. The molecule has 0 spiro atoms. The Kier molecular flexibility index (Phi) is 46.7. The fraction of sp³-hybridized carbons (Fsp3) is 0.642. The van der Waals surface area contributed by atoms with Gasteiger partial charge in [0.2, 0.25) is 0 Å². The van der Waals surface area contributed by atoms with Crippen molar-refractivity contribution in [3.05, 3.63) is 109 Å². The Labute approximate surface area is 353 Å². The number of rotatable bonds is 42. The zero-order valence-electron chi connectivity index (χ0n) is 37.1. The summed E-state index contributed by atoms with van der Waals surface area (Å²) in [5.74, 6) is -0.216. The molecule has 1 unspecified atom stereocenters. The van der Waals surface area contributed by atoms with Crippen molar-refractivity contribution in [1.82, 2.24) is 0 Å². The van der Waals surface area contributed by atoms with Gasteiger partial charge in [-0.05, 0) is 96.3 Å². The van der Waals surface area contributed by atoms with Crippen LogP contribution in [-0.2, 0) is 14.3 Å². The Morgan fingerprint density at radius 3 is 1.11 bits per heavy atom. The number of allylic oxidation sites excluding steroid dienone is 18. The van der Waals surface area contributed by atoms with Gasteiger partial charge in [0.1, 0.15) is 6.10 Å². The maximum absolute atomic E-state index is 12.2. The number of aliphatic hydroxyl groups excluding tert-OH is 1. The molecule has 324 valence electrons. The second-order valence-electron chi connectivity index (χ2n) is 15.1. The van der Waals surface area contributed by atoms with Crippen molar-refractivity contribution in [2.75, 3.05) is 19.8 Å². The van der Waals surface area contributed by atoms with Crippen LogP contribution >= 0.6 is 0 Å². The van der Waals surface area contributed by atoms with Crippen molar-refractivity contribution < 1.29 is 19.4 Å². The van der Waals surface area contributed by atoms with Gasteiger partial charge in [-0.25, -0.2) is 0 Å². The molecule has 1 atom stereocenters. The van der Waals surface area contributed by atoms with E-state index in [4.69, 9.17) is 9.47 Å². The summed E-state index contributed by atoms with van der Waals surface area (Å²) in [5, 5.41) is 9.64. The number of aliphatic hydroxyl groups is 1. The van der Waals surface area contributed by atoms with Crippen molar-refractivity contribution >= 4 is 5.97 Å². The molecule has 0 rings (SSSR count). The average Bonchev–Trinajstić information content (AvgIpc) is 3.22. The Morgan fingerprint density at radius 2 is 0.737 bits per heavy atom. The van der Waals surface area contributed by atoms with Crippen molar-refractivity contribution in [3.8, 4) is 0 Å². The molecule has 0 bridgehead atoms. The highest BCUT2D eigenvalue weighted by Gasteiger charge is 2.13. The van der Waals surface area contributed by atoms with Gasteiger partial charge in [-0.15, -0.1) is 0 Å². The van der Waals surface area contributed by atoms with E-state index in [1.54, 1.807) is 0 Å². The molecule has 0 radical (unpaired) electrons. The van der Waals surface area contributed by atoms with E-state index in [0.717, 1.165) is 83.5 Å². The van der Waals surface area contributed by atoms with Crippen LogP contribution < -0.4 is 0 Å². The number of esters is 1. The van der Waals surface area contributed by atoms with Gasteiger partial charge >= 0.3 is 5.97 Å². The minimum absolute atomic E-state index is 0.185. The zero-order valence-corrected chi connectivity index (χ0v) is 37.1. The minimum atomic E-state index is -0.552. The van der Waals surface area contributed by atoms with Gasteiger partial charge in [0.25, 0.3) is 0 Å². The number of hydrogen-bond acceptors (Lipinski definition) is 4. The number of ether oxygens (including phenoxy) is 2. The lowest BCUT2D eigenvalue weighted by atomic mass is 10.1. The first-order valence-electron chi connectivity index (χ1n) is 23.5. The quantitative estimate of drug-likeness (QED) is 0.0380. The minimum Gasteiger partial charge on any atom is -0.457 e. The van der Waals surface area contributed by atoms with Crippen LogP contribution in [0.3, 0.4) is 0 Å². The standard InChI is InChI=1S/C53H88O4/c1-3-5-7-9-11-13-15-17-19-21-23-25-26-27-29-31-33-35-37-39-41-43-45-47-49-56-51-52(50-54)57-53(55)48-46-44-42-40-38-36-34-32-30-28-24-22-20-18-16-14-12-10-8-6-4-2/h5-8,11-14,17-20,23-25,27-29,52,54H,3-4,9-10,15-16,21-22,26,30-51H2,1-2H3/b7-5-,8-6-,13-11-,14-12-,19-17-,20-18-,25-23-,28-24-,29-27-. The van der Waals surface area contributed by atoms with Crippen LogP contribution in [-0.4, -0.2) is 37.0 Å². The number of hydrogen-bond donors (Lipinski definition) is 1. The second kappa shape index (κ2) is 49.2. The Hall–Kier alpha value is -2.95. The second-order valence-corrected chi connectivity index (χ2v) is 15.1. The van der Waals surface area contributed by atoms with Crippen LogP contribution in [0, 0.1) is 0 Å². The Morgan fingerprint density at radius 1 is 0.421 bits per heavy atom. The lowest BCUT2D eigenvalue weighted by Gasteiger charge is -2.16. The summed E-state index contributed by atoms with van der Waals surface area (Å²) in [7, 11) is 0. The number of carbonyl (C=O) groups excluding carboxylic acids is 1. The normalized spacial score (nSPS) is 13.4. The summed E-state index contributed by atoms with van der Waals surface area (Å²) in [6, 6.07) is 0. The fourth-order valence-electron chi connectivity index (χ4n) is 6.17. The molecule has 4 nitrogen and oxygen atoms in total. The predicted octanol–water partition coefficient (Wildman–Crippen LogP) is 15.9. The van der Waals surface area contributed by atoms with E-state index in [1.807, 2.05) is 0 Å². The third kappa shape index (κ3) is 47.3. The molecular weight excluding hydrogens is 701 g/mol. The molecule has 0 aliphatic rings. The van der Waals surface area contributed by atoms with Crippen LogP contribution in [0.2, 0.25) is 0 Å². The van der Waals surface area contributed by atoms with Crippen LogP contribution in [0.15, 0.2) is 109 Å². The summed E-state index contributed by atoms with van der Waals surface area (Å²) in [5.41, 5.74) is 0. The SMILES string of the molecule is CC/C=C\C/C=C\C/C=C\C/C=C\C/C=C\CCCCCCCCCCOCC(CO)OC(=O)CCCCCCCCCC/C=C\C/C=C\C/C=C\C/C=C\CC. The first-order chi connectivity index (χ1) is 28.2. The van der Waals surface area contributed by atoms with Crippen LogP contribution in [0.5, 0.6) is 0 Å². The molecule has 4 heteroatoms. The van der Waals surface area contributed by atoms with Gasteiger partial charge in [-0.1, -0.05) is 200 Å². The lowest BCUT2D eigenvalue weighted by molar-refractivity contribution is -0.154. The van der Waals surface area contributed by atoms with Gasteiger partial charge in [0.15, 0.2) is 0 Å². The third-order valence-corrected chi connectivity index (χ3v) is 9.59. The van der Waals surface area contributed by atoms with Crippen LogP contribution in [0.1, 0.15) is 194 Å². The van der Waals surface area contributed by atoms with E-state index in [0.29, 0.717) is 13.0 Å². The summed E-state index contributed by atoms with van der Waals surface area (Å²) in [4.78, 5) is 12.2. The lowest BCUT2D eigenvalue weighted by Crippen LogP contribution is -2.27. The average molecular weight is 789 g/mol. The molecule has 0 aromatic rings. The molecule has 0 amide bonds. The van der Waals surface area contributed by atoms with Crippen molar-refractivity contribution in [2.45, 2.75) is 200 Å². The van der Waals surface area contributed by atoms with Gasteiger partial charge in [0.05, 0.1) is 13.2 Å². The summed E-state index contributed by atoms with van der Waals surface area (Å²) in [6.07, 6.45) is 71.6. The van der Waals surface area contributed by atoms with E-state index in [-0.39, 0.29) is 19.2 Å². The molecule has 1 N–H and O–H groups in total. The molecule has 0 aromatic heterocycles. The highest BCUT2D eigenvalue weighted by atomic mass is 16.6. The monoisotopic (exact) mass is 789 g/mol. The highest BCUT2D eigenvalue weighted by molar-refractivity contribution is 5.69. The van der Waals surface area contributed by atoms with E-state index in [2.05, 4.69) is 123 Å². The third-order valence-electron chi connectivity index (χ3n) is 9.59. The summed E-state index contributed by atoms with van der Waals surface area (Å²) < 4.78 is 11.2. The summed E-state index contributed by atoms with van der Waals surface area (Å²) >= 11 is 0. The van der Waals surface area contributed by atoms with Crippen molar-refractivity contribution in [3.63, 3.8) is 0 Å². The number of unbranched alkanes of at least 4 members (excludes halogenated alkanes) is 16. The molecule has 0 aliphatic carbocycles. The molecule has 0 saturated carbocycles. The number of carbonyl (C=O) groups is 1. The van der Waals surface area contributed by atoms with E-state index in [1.165, 1.54) is 89.9 Å². The molecule has 57 heavy (non-hydrogen) atoms. The zero-order chi connectivity index (χ0) is 41.2. The topological polar surface area (TPSA) is 55.8 Å². The Balaban J connectivity index is 3.51. The first kappa shape index (κ1) is 54.0. The first-order valence-corrected chi connectivity index (χ1v) is 23.5. The van der Waals surface area contributed by atoms with E-state index in [9.17, 15) is 9.90 Å². The fourth-order valence-corrected chi connectivity index (χ4v) is 6.17. The van der Waals surface area contributed by atoms with Crippen LogP contribution in [0.4, 0.5) is 0 Å². The highest BCUT2D eigenvalue weighted by Crippen LogP contribution is 2.13. The molecule has 0 fully saturated rings. The van der Waals surface area contributed by atoms with Crippen LogP contribution in [0.25, 0.3) is 0 Å². The van der Waals surface area contributed by atoms with Crippen molar-refractivity contribution in [2.24, 2.45) is 0 Å². The predicted molar refractivity (Wildman–Crippen MR) is 251 cm³/mol. The van der Waals surface area contributed by atoms with Gasteiger partial charge in [-0.2, -0.15) is 0 Å². The van der Waals surface area contributed by atoms with E-state index < -0.39 is 6.10 Å². The molecule has 0 saturated heterocycles. The van der Waals surface area contributed by atoms with Crippen molar-refractivity contribution in [1.29, 1.82) is 0 Å². The van der Waals surface area contributed by atoms with Gasteiger partial charge in [0, 0.05) is 13.0 Å². The molecular formula is C53H88O4. The Bertz CT molecular complexity index is 1100. The van der Waals surface area contributed by atoms with E-state index >= 15 is 0 Å². The maximum Gasteiger partial charge on any atom is 0.306 e. The molecule has 0 aliphatic heterocycles. The molecule has 0 heterocycles. The van der Waals surface area contributed by atoms with Gasteiger partial charge in [-0.3, -0.25) is 4.79 Å². The smallest absolute Gasteiger partial charge is 0.306 e. The van der Waals surface area contributed by atoms with Gasteiger partial charge < -0.3 is 14.6 Å². The largest absolute Gasteiger partial charge is 0.457 e. The summed E-state index contributed by atoms with van der Waals surface area (Å²) in [6.45, 7) is 5.08. The maximum atomic E-state index is 12.2.